The number of nitrogens with one attached hydrogen (secondary N) is 1. The van der Waals surface area contributed by atoms with Gasteiger partial charge in [-0.15, -0.1) is 11.3 Å². The van der Waals surface area contributed by atoms with E-state index in [1.807, 2.05) is 17.5 Å². The molecular weight excluding hydrogens is 474 g/mol. The number of non-ortho nitro benzene ring substituents is 1. The fourth-order valence-electron chi connectivity index (χ4n) is 4.19. The Balaban J connectivity index is 1.38. The van der Waals surface area contributed by atoms with E-state index in [4.69, 9.17) is 4.42 Å². The normalized spacial score (nSPS) is 21.9. The summed E-state index contributed by atoms with van der Waals surface area (Å²) in [5, 5.41) is 21.2. The lowest BCUT2D eigenvalue weighted by atomic mass is 9.92. The van der Waals surface area contributed by atoms with E-state index in [1.165, 1.54) is 53.8 Å². The number of amides is 4. The SMILES string of the molecule is CC1(c2ccc([N+](=O)[O-])cc2)NC(=O)N(CC(=O)N2N=C(c3cccs3)CC2c2ccco2)C1=O. The molecule has 12 heteroatoms. The minimum Gasteiger partial charge on any atom is -0.467 e. The second-order valence-corrected chi connectivity index (χ2v) is 9.20. The van der Waals surface area contributed by atoms with Crippen molar-refractivity contribution in [3.63, 3.8) is 0 Å². The zero-order valence-electron chi connectivity index (χ0n) is 18.4. The number of nitro benzene ring substituents is 1. The van der Waals surface area contributed by atoms with Crippen molar-refractivity contribution >= 4 is 40.6 Å². The molecule has 2 aliphatic rings. The molecule has 1 aromatic carbocycles. The van der Waals surface area contributed by atoms with E-state index in [-0.39, 0.29) is 5.69 Å². The Morgan fingerprint density at radius 1 is 1.26 bits per heavy atom. The average Bonchev–Trinajstić information content (AvgIpc) is 3.64. The lowest BCUT2D eigenvalue weighted by Crippen LogP contribution is -2.43. The number of rotatable bonds is 6. The van der Waals surface area contributed by atoms with Gasteiger partial charge in [-0.05, 0) is 48.2 Å². The number of furan rings is 1. The molecular formula is C23H19N5O6S. The monoisotopic (exact) mass is 493 g/mol. The number of imide groups is 1. The minimum absolute atomic E-state index is 0.140. The minimum atomic E-state index is -1.47. The van der Waals surface area contributed by atoms with Crippen molar-refractivity contribution in [1.29, 1.82) is 0 Å². The van der Waals surface area contributed by atoms with Gasteiger partial charge in [-0.3, -0.25) is 24.6 Å². The van der Waals surface area contributed by atoms with Gasteiger partial charge in [0.25, 0.3) is 17.5 Å². The maximum Gasteiger partial charge on any atom is 0.325 e. The number of urea groups is 1. The van der Waals surface area contributed by atoms with Gasteiger partial charge in [-0.1, -0.05) is 6.07 Å². The van der Waals surface area contributed by atoms with Gasteiger partial charge in [0.05, 0.1) is 21.8 Å². The molecule has 2 aliphatic heterocycles. The molecule has 3 aromatic rings. The van der Waals surface area contributed by atoms with Gasteiger partial charge in [0, 0.05) is 18.6 Å². The third kappa shape index (κ3) is 3.87. The largest absolute Gasteiger partial charge is 0.467 e. The zero-order chi connectivity index (χ0) is 24.7. The summed E-state index contributed by atoms with van der Waals surface area (Å²) in [5.74, 6) is -0.642. The van der Waals surface area contributed by atoms with Crippen LogP contribution < -0.4 is 5.32 Å². The zero-order valence-corrected chi connectivity index (χ0v) is 19.2. The van der Waals surface area contributed by atoms with E-state index in [0.717, 1.165) is 9.78 Å². The van der Waals surface area contributed by atoms with E-state index in [0.29, 0.717) is 23.5 Å². The highest BCUT2D eigenvalue weighted by atomic mass is 32.1. The molecule has 4 heterocycles. The van der Waals surface area contributed by atoms with Gasteiger partial charge in [0.1, 0.15) is 23.9 Å². The molecule has 4 amide bonds. The number of carbonyl (C=O) groups is 3. The fourth-order valence-corrected chi connectivity index (χ4v) is 4.92. The lowest BCUT2D eigenvalue weighted by molar-refractivity contribution is -0.384. The Morgan fingerprint density at radius 3 is 2.66 bits per heavy atom. The van der Waals surface area contributed by atoms with Crippen LogP contribution in [0.4, 0.5) is 10.5 Å². The molecule has 11 nitrogen and oxygen atoms in total. The second kappa shape index (κ2) is 8.47. The first kappa shape index (κ1) is 22.5. The molecule has 1 saturated heterocycles. The molecule has 0 aliphatic carbocycles. The number of carbonyl (C=O) groups excluding carboxylic acids is 3. The third-order valence-corrected chi connectivity index (χ3v) is 6.99. The molecule has 2 unspecified atom stereocenters. The quantitative estimate of drug-likeness (QED) is 0.317. The standard InChI is InChI=1S/C23H19N5O6S/c1-23(14-6-8-15(9-7-14)28(32)33)21(30)26(22(31)24-23)13-20(29)27-17(18-4-2-10-34-18)12-16(25-27)19-5-3-11-35-19/h2-11,17H,12-13H2,1H3,(H,24,31). The molecule has 5 rings (SSSR count). The summed E-state index contributed by atoms with van der Waals surface area (Å²) in [4.78, 5) is 51.4. The van der Waals surface area contributed by atoms with Crippen LogP contribution in [0.1, 0.15) is 35.6 Å². The van der Waals surface area contributed by atoms with Crippen LogP contribution in [-0.2, 0) is 15.1 Å². The van der Waals surface area contributed by atoms with Crippen LogP contribution in [0.25, 0.3) is 0 Å². The van der Waals surface area contributed by atoms with E-state index < -0.39 is 40.9 Å². The number of hydrogen-bond donors (Lipinski definition) is 1. The summed E-state index contributed by atoms with van der Waals surface area (Å²) in [7, 11) is 0. The molecule has 0 radical (unpaired) electrons. The Hall–Kier alpha value is -4.32. The predicted octanol–water partition coefficient (Wildman–Crippen LogP) is 3.39. The summed E-state index contributed by atoms with van der Waals surface area (Å²) >= 11 is 1.50. The van der Waals surface area contributed by atoms with Gasteiger partial charge in [-0.25, -0.2) is 9.80 Å². The Morgan fingerprint density at radius 2 is 2.03 bits per heavy atom. The van der Waals surface area contributed by atoms with Crippen LogP contribution in [0.15, 0.2) is 69.7 Å². The van der Waals surface area contributed by atoms with E-state index >= 15 is 0 Å². The second-order valence-electron chi connectivity index (χ2n) is 8.25. The Kier molecular flexibility index (Phi) is 5.44. The Labute approximate surface area is 202 Å². The number of hydrazone groups is 1. The van der Waals surface area contributed by atoms with Gasteiger partial charge >= 0.3 is 6.03 Å². The van der Waals surface area contributed by atoms with Crippen molar-refractivity contribution in [1.82, 2.24) is 15.2 Å². The number of hydrogen-bond acceptors (Lipinski definition) is 8. The predicted molar refractivity (Wildman–Crippen MR) is 124 cm³/mol. The molecule has 0 saturated carbocycles. The van der Waals surface area contributed by atoms with Crippen LogP contribution in [0.3, 0.4) is 0 Å². The van der Waals surface area contributed by atoms with Crippen molar-refractivity contribution < 1.29 is 23.7 Å². The van der Waals surface area contributed by atoms with Crippen molar-refractivity contribution in [2.24, 2.45) is 5.10 Å². The fraction of sp³-hybridized carbons (Fsp3) is 0.217. The average molecular weight is 494 g/mol. The van der Waals surface area contributed by atoms with E-state index in [1.54, 1.807) is 12.1 Å². The first-order chi connectivity index (χ1) is 16.8. The first-order valence-corrected chi connectivity index (χ1v) is 11.5. The summed E-state index contributed by atoms with van der Waals surface area (Å²) in [5.41, 5.74) is -0.534. The molecule has 35 heavy (non-hydrogen) atoms. The van der Waals surface area contributed by atoms with Gasteiger partial charge in [-0.2, -0.15) is 5.10 Å². The van der Waals surface area contributed by atoms with Crippen LogP contribution >= 0.6 is 11.3 Å². The topological polar surface area (TPSA) is 138 Å². The van der Waals surface area contributed by atoms with Gasteiger partial charge in [0.2, 0.25) is 0 Å². The molecule has 178 valence electrons. The van der Waals surface area contributed by atoms with Crippen LogP contribution in [0, 0.1) is 10.1 Å². The molecule has 0 spiro atoms. The number of nitrogens with zero attached hydrogens (tertiary/aromatic N) is 4. The summed E-state index contributed by atoms with van der Waals surface area (Å²) in [6, 6.07) is 11.4. The number of benzene rings is 1. The summed E-state index contributed by atoms with van der Waals surface area (Å²) in [6.07, 6.45) is 1.94. The maximum absolute atomic E-state index is 13.3. The molecule has 2 atom stereocenters. The maximum atomic E-state index is 13.3. The van der Waals surface area contributed by atoms with Crippen LogP contribution in [0.5, 0.6) is 0 Å². The van der Waals surface area contributed by atoms with Crippen molar-refractivity contribution in [2.75, 3.05) is 6.54 Å². The molecule has 0 bridgehead atoms. The number of nitro groups is 1. The van der Waals surface area contributed by atoms with Crippen LogP contribution in [-0.4, -0.2) is 44.9 Å². The first-order valence-electron chi connectivity index (χ1n) is 10.6. The van der Waals surface area contributed by atoms with Gasteiger partial charge in [0.15, 0.2) is 0 Å². The van der Waals surface area contributed by atoms with Crippen molar-refractivity contribution in [3.8, 4) is 0 Å². The highest BCUT2D eigenvalue weighted by molar-refractivity contribution is 7.12. The van der Waals surface area contributed by atoms with Crippen molar-refractivity contribution in [3.05, 3.63) is 86.5 Å². The highest BCUT2D eigenvalue weighted by Gasteiger charge is 2.50. The highest BCUT2D eigenvalue weighted by Crippen LogP contribution is 2.35. The third-order valence-electron chi connectivity index (χ3n) is 6.07. The summed E-state index contributed by atoms with van der Waals surface area (Å²) in [6.45, 7) is 0.971. The van der Waals surface area contributed by atoms with Crippen LogP contribution in [0.2, 0.25) is 0 Å². The molecule has 2 aromatic heterocycles. The van der Waals surface area contributed by atoms with Gasteiger partial charge < -0.3 is 9.73 Å². The van der Waals surface area contributed by atoms with E-state index in [9.17, 15) is 24.5 Å². The smallest absolute Gasteiger partial charge is 0.325 e. The van der Waals surface area contributed by atoms with Crippen molar-refractivity contribution in [2.45, 2.75) is 24.9 Å². The summed E-state index contributed by atoms with van der Waals surface area (Å²) < 4.78 is 5.52. The molecule has 1 fully saturated rings. The lowest BCUT2D eigenvalue weighted by Gasteiger charge is -2.24. The molecule has 1 N–H and O–H groups in total. The van der Waals surface area contributed by atoms with E-state index in [2.05, 4.69) is 10.4 Å². The number of thiophene rings is 1. The Bertz CT molecular complexity index is 1340.